The highest BCUT2D eigenvalue weighted by Gasteiger charge is 2.36. The summed E-state index contributed by atoms with van der Waals surface area (Å²) in [6.45, 7) is 1.66. The zero-order chi connectivity index (χ0) is 12.3. The van der Waals surface area contributed by atoms with Crippen molar-refractivity contribution in [1.82, 2.24) is 0 Å². The number of alkyl halides is 2. The van der Waals surface area contributed by atoms with Gasteiger partial charge in [0.05, 0.1) is 5.56 Å². The Labute approximate surface area is 88.1 Å². The van der Waals surface area contributed by atoms with E-state index in [1.165, 1.54) is 12.1 Å². The molecule has 1 nitrogen and oxygen atoms in total. The summed E-state index contributed by atoms with van der Waals surface area (Å²) in [6, 6.07) is 2.03. The van der Waals surface area contributed by atoms with Crippen LogP contribution in [0.4, 0.5) is 22.0 Å². The largest absolute Gasteiger partial charge is 0.428 e. The van der Waals surface area contributed by atoms with Crippen LogP contribution in [0, 0.1) is 6.92 Å². The van der Waals surface area contributed by atoms with E-state index in [0.717, 1.165) is 12.1 Å². The molecule has 1 rings (SSSR count). The van der Waals surface area contributed by atoms with E-state index < -0.39 is 23.8 Å². The highest BCUT2D eigenvalue weighted by molar-refractivity contribution is 5.23. The van der Waals surface area contributed by atoms with E-state index in [9.17, 15) is 22.0 Å². The molecule has 0 aliphatic carbocycles. The van der Waals surface area contributed by atoms with E-state index in [-0.39, 0.29) is 0 Å². The average Bonchev–Trinajstić information content (AvgIpc) is 2.17. The van der Waals surface area contributed by atoms with Crippen LogP contribution in [-0.4, -0.2) is 0 Å². The molecule has 0 saturated heterocycles. The molecule has 16 heavy (non-hydrogen) atoms. The number of ether oxygens (including phenoxy) is 1. The summed E-state index contributed by atoms with van der Waals surface area (Å²) in [5.41, 5.74) is 0.00161. The van der Waals surface area contributed by atoms with Crippen LogP contribution in [0.5, 0.6) is 0 Å². The van der Waals surface area contributed by atoms with E-state index in [1.807, 2.05) is 0 Å². The first-order chi connectivity index (χ1) is 7.33. The Kier molecular flexibility index (Phi) is 3.51. The molecule has 88 valence electrons. The second-order valence-corrected chi connectivity index (χ2v) is 3.02. The van der Waals surface area contributed by atoms with Crippen molar-refractivity contribution in [3.05, 3.63) is 47.5 Å². The Morgan fingerprint density at radius 1 is 1.06 bits per heavy atom. The minimum atomic E-state index is -4.12. The van der Waals surface area contributed by atoms with Crippen molar-refractivity contribution in [1.29, 1.82) is 0 Å². The van der Waals surface area contributed by atoms with Crippen molar-refractivity contribution in [3.63, 3.8) is 0 Å². The Morgan fingerprint density at radius 3 is 2.00 bits per heavy atom. The maximum atomic E-state index is 13.1. The van der Waals surface area contributed by atoms with Crippen molar-refractivity contribution < 1.29 is 26.7 Å². The van der Waals surface area contributed by atoms with Crippen molar-refractivity contribution in [2.45, 2.75) is 13.0 Å². The number of hydrogen-bond acceptors (Lipinski definition) is 1. The maximum absolute atomic E-state index is 13.1. The molecule has 6 heteroatoms. The SMILES string of the molecule is Cc1ccc(C(F)(F)OC(F)=C(F)F)cc1. The number of rotatable bonds is 3. The summed E-state index contributed by atoms with van der Waals surface area (Å²) in [6.07, 6.45) is -7.05. The van der Waals surface area contributed by atoms with Crippen LogP contribution in [0.25, 0.3) is 0 Å². The van der Waals surface area contributed by atoms with E-state index in [0.29, 0.717) is 5.56 Å². The highest BCUT2D eigenvalue weighted by atomic mass is 19.3. The van der Waals surface area contributed by atoms with Gasteiger partial charge in [0.1, 0.15) is 0 Å². The van der Waals surface area contributed by atoms with Gasteiger partial charge in [-0.05, 0) is 19.1 Å². The number of benzene rings is 1. The summed E-state index contributed by atoms with van der Waals surface area (Å²) in [5.74, 6) is 0. The van der Waals surface area contributed by atoms with Crippen molar-refractivity contribution in [2.75, 3.05) is 0 Å². The summed E-state index contributed by atoms with van der Waals surface area (Å²) in [4.78, 5) is 0. The van der Waals surface area contributed by atoms with E-state index in [2.05, 4.69) is 4.74 Å². The van der Waals surface area contributed by atoms with Gasteiger partial charge in [-0.3, -0.25) is 0 Å². The molecule has 0 N–H and O–H groups in total. The number of hydrogen-bond donors (Lipinski definition) is 0. The molecular weight excluding hydrogens is 231 g/mol. The lowest BCUT2D eigenvalue weighted by molar-refractivity contribution is -0.238. The van der Waals surface area contributed by atoms with Crippen LogP contribution in [0.3, 0.4) is 0 Å². The first kappa shape index (κ1) is 12.5. The van der Waals surface area contributed by atoms with Gasteiger partial charge in [-0.2, -0.15) is 22.0 Å². The topological polar surface area (TPSA) is 9.23 Å². The third kappa shape index (κ3) is 2.95. The van der Waals surface area contributed by atoms with E-state index in [1.54, 1.807) is 6.92 Å². The summed E-state index contributed by atoms with van der Waals surface area (Å²) in [7, 11) is 0. The summed E-state index contributed by atoms with van der Waals surface area (Å²) >= 11 is 0. The molecule has 0 amide bonds. The minimum Gasteiger partial charge on any atom is -0.398 e. The third-order valence-corrected chi connectivity index (χ3v) is 1.75. The Balaban J connectivity index is 2.94. The van der Waals surface area contributed by atoms with Gasteiger partial charge in [0.15, 0.2) is 0 Å². The predicted molar refractivity (Wildman–Crippen MR) is 46.5 cm³/mol. The number of aryl methyl sites for hydroxylation is 1. The molecule has 0 aliphatic heterocycles. The monoisotopic (exact) mass is 238 g/mol. The van der Waals surface area contributed by atoms with Gasteiger partial charge in [-0.25, -0.2) is 0 Å². The summed E-state index contributed by atoms with van der Waals surface area (Å²) in [5, 5.41) is 0. The van der Waals surface area contributed by atoms with Gasteiger partial charge in [0.25, 0.3) is 0 Å². The zero-order valence-electron chi connectivity index (χ0n) is 8.11. The maximum Gasteiger partial charge on any atom is 0.428 e. The fourth-order valence-electron chi connectivity index (χ4n) is 0.958. The van der Waals surface area contributed by atoms with Gasteiger partial charge in [-0.1, -0.05) is 17.7 Å². The zero-order valence-corrected chi connectivity index (χ0v) is 8.11. The van der Waals surface area contributed by atoms with Crippen LogP contribution in [-0.2, 0) is 10.8 Å². The van der Waals surface area contributed by atoms with Crippen LogP contribution in [0.2, 0.25) is 0 Å². The first-order valence-corrected chi connectivity index (χ1v) is 4.17. The van der Waals surface area contributed by atoms with Crippen LogP contribution in [0.15, 0.2) is 36.4 Å². The van der Waals surface area contributed by atoms with Gasteiger partial charge >= 0.3 is 18.2 Å². The van der Waals surface area contributed by atoms with E-state index in [4.69, 9.17) is 0 Å². The van der Waals surface area contributed by atoms with Crippen molar-refractivity contribution >= 4 is 0 Å². The first-order valence-electron chi connectivity index (χ1n) is 4.17. The third-order valence-electron chi connectivity index (χ3n) is 1.75. The van der Waals surface area contributed by atoms with Gasteiger partial charge < -0.3 is 4.74 Å². The minimum absolute atomic E-state index is 0.700. The normalized spacial score (nSPS) is 11.1. The van der Waals surface area contributed by atoms with Gasteiger partial charge in [-0.15, -0.1) is 0 Å². The second-order valence-electron chi connectivity index (χ2n) is 3.02. The van der Waals surface area contributed by atoms with Crippen LogP contribution < -0.4 is 0 Å². The molecule has 0 fully saturated rings. The van der Waals surface area contributed by atoms with Gasteiger partial charge in [0.2, 0.25) is 0 Å². The molecule has 0 saturated carbocycles. The molecule has 0 heterocycles. The molecule has 1 aromatic rings. The quantitative estimate of drug-likeness (QED) is 0.569. The lowest BCUT2D eigenvalue weighted by atomic mass is 10.1. The standard InChI is InChI=1S/C10H7F5O/c1-6-2-4-7(5-3-6)10(14,15)16-9(13)8(11)12/h2-5H,1H3. The summed E-state index contributed by atoms with van der Waals surface area (Å²) < 4.78 is 64.8. The van der Waals surface area contributed by atoms with Crippen molar-refractivity contribution in [3.8, 4) is 0 Å². The molecule has 0 spiro atoms. The number of halogens is 5. The molecule has 0 radical (unpaired) electrons. The Bertz CT molecular complexity index is 392. The molecule has 0 aromatic heterocycles. The Morgan fingerprint density at radius 2 is 1.56 bits per heavy atom. The Hall–Kier alpha value is -1.59. The predicted octanol–water partition coefficient (Wildman–Crippen LogP) is 4.10. The molecule has 1 aromatic carbocycles. The van der Waals surface area contributed by atoms with Crippen LogP contribution >= 0.6 is 0 Å². The lowest BCUT2D eigenvalue weighted by Crippen LogP contribution is -2.17. The highest BCUT2D eigenvalue weighted by Crippen LogP contribution is 2.33. The molecule has 0 aliphatic rings. The lowest BCUT2D eigenvalue weighted by Gasteiger charge is -2.16. The fraction of sp³-hybridized carbons (Fsp3) is 0.200. The van der Waals surface area contributed by atoms with Crippen LogP contribution in [0.1, 0.15) is 11.1 Å². The molecular formula is C10H7F5O. The smallest absolute Gasteiger partial charge is 0.398 e. The fourth-order valence-corrected chi connectivity index (χ4v) is 0.958. The van der Waals surface area contributed by atoms with Gasteiger partial charge in [0, 0.05) is 0 Å². The van der Waals surface area contributed by atoms with E-state index >= 15 is 0 Å². The molecule has 0 unspecified atom stereocenters. The molecule has 0 bridgehead atoms. The van der Waals surface area contributed by atoms with Crippen molar-refractivity contribution in [2.24, 2.45) is 0 Å². The second kappa shape index (κ2) is 4.51. The molecule has 0 atom stereocenters. The average molecular weight is 238 g/mol.